The largest absolute Gasteiger partial charge is 0.300 e. The van der Waals surface area contributed by atoms with Gasteiger partial charge < -0.3 is 0 Å². The van der Waals surface area contributed by atoms with Crippen LogP contribution in [0.15, 0.2) is 110 Å². The third kappa shape index (κ3) is 8.12. The normalized spacial score (nSPS) is 10.1. The molecule has 0 saturated heterocycles. The van der Waals surface area contributed by atoms with Crippen LogP contribution in [0.25, 0.3) is 16.3 Å². The second-order valence-corrected chi connectivity index (χ2v) is 8.67. The highest BCUT2D eigenvalue weighted by atomic mass is 15.4. The van der Waals surface area contributed by atoms with Crippen molar-refractivity contribution in [2.45, 2.75) is 53.4 Å². The zero-order valence-electron chi connectivity index (χ0n) is 21.5. The summed E-state index contributed by atoms with van der Waals surface area (Å²) in [5.41, 5.74) is 9.40. The van der Waals surface area contributed by atoms with E-state index < -0.39 is 0 Å². The van der Waals surface area contributed by atoms with Crippen LogP contribution in [-0.2, 0) is 6.42 Å². The van der Waals surface area contributed by atoms with Crippen LogP contribution in [0.5, 0.6) is 0 Å². The molecular formula is C32H40N2. The molecule has 0 radical (unpaired) electrons. The van der Waals surface area contributed by atoms with Crippen LogP contribution < -0.4 is 5.43 Å². The fourth-order valence-corrected chi connectivity index (χ4v) is 3.66. The van der Waals surface area contributed by atoms with Crippen molar-refractivity contribution in [1.29, 1.82) is 0 Å². The number of hydrogen-bond donors (Lipinski definition) is 1. The number of benzene rings is 3. The average molecular weight is 453 g/mol. The minimum Gasteiger partial charge on any atom is -0.300 e. The van der Waals surface area contributed by atoms with Gasteiger partial charge in [0, 0.05) is 18.1 Å². The lowest BCUT2D eigenvalue weighted by molar-refractivity contribution is 0.862. The summed E-state index contributed by atoms with van der Waals surface area (Å²) in [5, 5.41) is 2.74. The molecule has 0 unspecified atom stereocenters. The quantitative estimate of drug-likeness (QED) is 0.308. The first-order chi connectivity index (χ1) is 16.4. The van der Waals surface area contributed by atoms with Crippen molar-refractivity contribution in [2.75, 3.05) is 5.43 Å². The summed E-state index contributed by atoms with van der Waals surface area (Å²) in [6, 6.07) is 27.4. The highest BCUT2D eigenvalue weighted by Crippen LogP contribution is 2.24. The van der Waals surface area contributed by atoms with Crippen LogP contribution >= 0.6 is 0 Å². The van der Waals surface area contributed by atoms with Crippen LogP contribution in [0.4, 0.5) is 0 Å². The van der Waals surface area contributed by atoms with Crippen molar-refractivity contribution < 1.29 is 0 Å². The number of nitrogens with one attached hydrogen (secondary N) is 1. The standard InChI is InChI=1S/C12H12.C12H16.C8H12N2/c1-2-10-7-5-8-11-6-3-4-9-12(10)11;1-9(2)11-7-5-6-8-12(11)10(3)4;1-3-8(2)9-10-6-4-5-7-10/h3-9H,2H2,1H3;5-8,10H,1H2,2-4H3;4-7,9H,2-3H2,1H3. The summed E-state index contributed by atoms with van der Waals surface area (Å²) < 4.78 is 1.88. The molecule has 0 saturated carbocycles. The van der Waals surface area contributed by atoms with Crippen LogP contribution in [0.2, 0.25) is 0 Å². The number of hydrogen-bond acceptors (Lipinski definition) is 1. The van der Waals surface area contributed by atoms with E-state index in [1.54, 1.807) is 0 Å². The van der Waals surface area contributed by atoms with Gasteiger partial charge in [-0.3, -0.25) is 10.1 Å². The van der Waals surface area contributed by atoms with Gasteiger partial charge >= 0.3 is 0 Å². The lowest BCUT2D eigenvalue weighted by Crippen LogP contribution is -2.09. The van der Waals surface area contributed by atoms with Crippen molar-refractivity contribution in [1.82, 2.24) is 4.68 Å². The molecule has 0 amide bonds. The predicted molar refractivity (Wildman–Crippen MR) is 152 cm³/mol. The van der Waals surface area contributed by atoms with Gasteiger partial charge in [-0.15, -0.1) is 0 Å². The zero-order valence-corrected chi connectivity index (χ0v) is 21.5. The molecular weight excluding hydrogens is 412 g/mol. The summed E-state index contributed by atoms with van der Waals surface area (Å²) in [5.74, 6) is 0.581. The molecule has 4 rings (SSSR count). The van der Waals surface area contributed by atoms with Crippen molar-refractivity contribution in [2.24, 2.45) is 0 Å². The van der Waals surface area contributed by atoms with E-state index in [9.17, 15) is 0 Å². The molecule has 1 N–H and O–H groups in total. The predicted octanol–water partition coefficient (Wildman–Crippen LogP) is 9.20. The topological polar surface area (TPSA) is 17.0 Å². The number of nitrogens with zero attached hydrogens (tertiary/aromatic N) is 1. The Bertz CT molecular complexity index is 1160. The molecule has 178 valence electrons. The second kappa shape index (κ2) is 13.9. The molecule has 0 aliphatic rings. The SMILES string of the molecule is C=C(C)c1ccccc1C(C)C.C=C(CC)Nn1cccc1.CCc1cccc2ccccc12. The summed E-state index contributed by atoms with van der Waals surface area (Å²) in [4.78, 5) is 0. The first-order valence-corrected chi connectivity index (χ1v) is 12.2. The third-order valence-electron chi connectivity index (χ3n) is 5.62. The average Bonchev–Trinajstić information content (AvgIpc) is 3.37. The summed E-state index contributed by atoms with van der Waals surface area (Å²) >= 11 is 0. The first-order valence-electron chi connectivity index (χ1n) is 12.2. The molecule has 0 atom stereocenters. The summed E-state index contributed by atoms with van der Waals surface area (Å²) in [6.07, 6.45) is 5.96. The van der Waals surface area contributed by atoms with Crippen LogP contribution in [0.3, 0.4) is 0 Å². The van der Waals surface area contributed by atoms with E-state index in [1.807, 2.05) is 29.2 Å². The third-order valence-corrected chi connectivity index (χ3v) is 5.62. The maximum absolute atomic E-state index is 3.97. The van der Waals surface area contributed by atoms with E-state index in [4.69, 9.17) is 0 Å². The molecule has 3 aromatic carbocycles. The van der Waals surface area contributed by atoms with Gasteiger partial charge in [0.1, 0.15) is 0 Å². The van der Waals surface area contributed by atoms with Gasteiger partial charge in [0.2, 0.25) is 0 Å². The molecule has 2 nitrogen and oxygen atoms in total. The highest BCUT2D eigenvalue weighted by Gasteiger charge is 2.04. The van der Waals surface area contributed by atoms with Gasteiger partial charge in [-0.1, -0.05) is 113 Å². The number of aromatic nitrogens is 1. The maximum Gasteiger partial charge on any atom is 0.0262 e. The van der Waals surface area contributed by atoms with E-state index in [1.165, 1.54) is 27.5 Å². The molecule has 0 fully saturated rings. The molecule has 1 heterocycles. The van der Waals surface area contributed by atoms with Gasteiger partial charge in [0.05, 0.1) is 0 Å². The van der Waals surface area contributed by atoms with Gasteiger partial charge in [0.25, 0.3) is 0 Å². The minimum absolute atomic E-state index is 0.581. The number of aryl methyl sites for hydroxylation is 1. The molecule has 2 heteroatoms. The van der Waals surface area contributed by atoms with Crippen molar-refractivity contribution >= 4 is 16.3 Å². The minimum atomic E-state index is 0.581. The summed E-state index contributed by atoms with van der Waals surface area (Å²) in [7, 11) is 0. The van der Waals surface area contributed by atoms with E-state index in [0.717, 1.165) is 24.1 Å². The fraction of sp³-hybridized carbons (Fsp3) is 0.250. The van der Waals surface area contributed by atoms with E-state index in [2.05, 4.69) is 120 Å². The molecule has 0 aliphatic heterocycles. The Balaban J connectivity index is 0.000000181. The van der Waals surface area contributed by atoms with Crippen LogP contribution in [0.1, 0.15) is 63.6 Å². The van der Waals surface area contributed by atoms with E-state index in [-0.39, 0.29) is 0 Å². The fourth-order valence-electron chi connectivity index (χ4n) is 3.66. The monoisotopic (exact) mass is 452 g/mol. The first kappa shape index (κ1) is 26.7. The highest BCUT2D eigenvalue weighted by molar-refractivity contribution is 5.85. The summed E-state index contributed by atoms with van der Waals surface area (Å²) in [6.45, 7) is 18.5. The number of rotatable bonds is 6. The zero-order chi connectivity index (χ0) is 24.9. The van der Waals surface area contributed by atoms with E-state index >= 15 is 0 Å². The van der Waals surface area contributed by atoms with Crippen molar-refractivity contribution in [3.63, 3.8) is 0 Å². The Hall–Kier alpha value is -3.52. The van der Waals surface area contributed by atoms with Crippen molar-refractivity contribution in [3.8, 4) is 0 Å². The maximum atomic E-state index is 3.97. The molecule has 1 aromatic heterocycles. The van der Waals surface area contributed by atoms with Gasteiger partial charge in [-0.05, 0) is 65.3 Å². The van der Waals surface area contributed by atoms with Crippen LogP contribution in [-0.4, -0.2) is 4.68 Å². The Morgan fingerprint density at radius 1 is 0.824 bits per heavy atom. The number of fused-ring (bicyclic) bond motifs is 1. The van der Waals surface area contributed by atoms with Gasteiger partial charge in [-0.25, -0.2) is 0 Å². The smallest absolute Gasteiger partial charge is 0.0262 e. The Labute approximate surface area is 206 Å². The second-order valence-electron chi connectivity index (χ2n) is 8.67. The Kier molecular flexibility index (Phi) is 10.9. The van der Waals surface area contributed by atoms with Gasteiger partial charge in [0.15, 0.2) is 0 Å². The molecule has 34 heavy (non-hydrogen) atoms. The van der Waals surface area contributed by atoms with Crippen molar-refractivity contribution in [3.05, 3.63) is 127 Å². The molecule has 0 spiro atoms. The molecule has 0 bridgehead atoms. The Morgan fingerprint density at radius 2 is 1.44 bits per heavy atom. The molecule has 4 aromatic rings. The Morgan fingerprint density at radius 3 is 2.03 bits per heavy atom. The lowest BCUT2D eigenvalue weighted by atomic mass is 9.94. The molecule has 0 aliphatic carbocycles. The van der Waals surface area contributed by atoms with Gasteiger partial charge in [-0.2, -0.15) is 0 Å². The lowest BCUT2D eigenvalue weighted by Gasteiger charge is -2.11. The van der Waals surface area contributed by atoms with Crippen LogP contribution in [0, 0.1) is 0 Å². The van der Waals surface area contributed by atoms with E-state index in [0.29, 0.717) is 5.92 Å². The number of allylic oxidation sites excluding steroid dienone is 2.